The van der Waals surface area contributed by atoms with Gasteiger partial charge in [0.25, 0.3) is 0 Å². The van der Waals surface area contributed by atoms with Crippen molar-refractivity contribution in [2.45, 2.75) is 46.1 Å². The van der Waals surface area contributed by atoms with Gasteiger partial charge in [0.2, 0.25) is 5.91 Å². The highest BCUT2D eigenvalue weighted by Crippen LogP contribution is 2.38. The lowest BCUT2D eigenvalue weighted by Gasteiger charge is -2.13. The standard InChI is InChI=1S/C25H29N5O2/c1-5-6-10-16(2)30-21-14-13-19(15-20(21)27-25(30)32)22-23(18-11-8-7-9-12-18)28-29(4)24(22)26-17(3)31/h7-9,11-16H,5-6,10H2,1-4H3,(H,26,31)(H,27,32). The van der Waals surface area contributed by atoms with Gasteiger partial charge in [-0.15, -0.1) is 0 Å². The molecule has 1 unspecified atom stereocenters. The van der Waals surface area contributed by atoms with Crippen molar-refractivity contribution in [1.29, 1.82) is 0 Å². The number of anilines is 1. The number of fused-ring (bicyclic) bond motifs is 1. The molecule has 2 heterocycles. The number of rotatable bonds is 7. The molecule has 7 nitrogen and oxygen atoms in total. The molecule has 4 rings (SSSR count). The molecule has 1 atom stereocenters. The Labute approximate surface area is 187 Å². The molecule has 32 heavy (non-hydrogen) atoms. The molecule has 4 aromatic rings. The van der Waals surface area contributed by atoms with E-state index in [-0.39, 0.29) is 17.6 Å². The molecule has 0 aliphatic heterocycles. The maximum absolute atomic E-state index is 12.7. The molecular weight excluding hydrogens is 402 g/mol. The SMILES string of the molecule is CCCCC(C)n1c(=O)[nH]c2cc(-c3c(-c4ccccc4)nn(C)c3NC(C)=O)ccc21. The number of benzene rings is 2. The van der Waals surface area contributed by atoms with E-state index in [0.717, 1.165) is 52.7 Å². The Morgan fingerprint density at radius 1 is 1.16 bits per heavy atom. The maximum Gasteiger partial charge on any atom is 0.326 e. The normalized spacial score (nSPS) is 12.2. The van der Waals surface area contributed by atoms with Gasteiger partial charge in [-0.3, -0.25) is 14.0 Å². The van der Waals surface area contributed by atoms with E-state index in [1.165, 1.54) is 6.92 Å². The highest BCUT2D eigenvalue weighted by Gasteiger charge is 2.21. The van der Waals surface area contributed by atoms with E-state index in [4.69, 9.17) is 5.10 Å². The summed E-state index contributed by atoms with van der Waals surface area (Å²) < 4.78 is 3.52. The number of carbonyl (C=O) groups excluding carboxylic acids is 1. The lowest BCUT2D eigenvalue weighted by atomic mass is 10.00. The highest BCUT2D eigenvalue weighted by molar-refractivity contribution is 5.98. The zero-order valence-electron chi connectivity index (χ0n) is 19.0. The summed E-state index contributed by atoms with van der Waals surface area (Å²) in [5, 5.41) is 7.62. The third-order valence-electron chi connectivity index (χ3n) is 5.81. The molecule has 0 radical (unpaired) electrons. The molecule has 0 fully saturated rings. The number of nitrogens with zero attached hydrogens (tertiary/aromatic N) is 3. The van der Waals surface area contributed by atoms with Crippen molar-refractivity contribution in [3.8, 4) is 22.4 Å². The van der Waals surface area contributed by atoms with E-state index in [2.05, 4.69) is 24.1 Å². The Balaban J connectivity index is 1.88. The second-order valence-corrected chi connectivity index (χ2v) is 8.27. The first-order valence-corrected chi connectivity index (χ1v) is 11.0. The monoisotopic (exact) mass is 431 g/mol. The van der Waals surface area contributed by atoms with Gasteiger partial charge in [-0.25, -0.2) is 4.79 Å². The first-order valence-electron chi connectivity index (χ1n) is 11.0. The van der Waals surface area contributed by atoms with Crippen molar-refractivity contribution in [2.75, 3.05) is 5.32 Å². The number of amides is 1. The first-order chi connectivity index (χ1) is 15.4. The van der Waals surface area contributed by atoms with E-state index >= 15 is 0 Å². The molecule has 0 saturated carbocycles. The zero-order chi connectivity index (χ0) is 22.8. The Kier molecular flexibility index (Phi) is 5.99. The van der Waals surface area contributed by atoms with Crippen molar-refractivity contribution >= 4 is 22.8 Å². The highest BCUT2D eigenvalue weighted by atomic mass is 16.2. The van der Waals surface area contributed by atoms with Crippen molar-refractivity contribution in [1.82, 2.24) is 19.3 Å². The number of unbranched alkanes of at least 4 members (excludes halogenated alkanes) is 1. The summed E-state index contributed by atoms with van der Waals surface area (Å²) in [6, 6.07) is 15.9. The van der Waals surface area contributed by atoms with Crippen LogP contribution in [0.25, 0.3) is 33.4 Å². The van der Waals surface area contributed by atoms with Crippen LogP contribution in [0.15, 0.2) is 53.3 Å². The van der Waals surface area contributed by atoms with Crippen molar-refractivity contribution < 1.29 is 4.79 Å². The minimum Gasteiger partial charge on any atom is -0.311 e. The third-order valence-corrected chi connectivity index (χ3v) is 5.81. The van der Waals surface area contributed by atoms with Gasteiger partial charge >= 0.3 is 5.69 Å². The average molecular weight is 432 g/mol. The number of aromatic nitrogens is 4. The van der Waals surface area contributed by atoms with Gasteiger partial charge in [-0.05, 0) is 31.0 Å². The van der Waals surface area contributed by atoms with Gasteiger partial charge in [0.15, 0.2) is 0 Å². The molecule has 2 N–H and O–H groups in total. The van der Waals surface area contributed by atoms with Crippen LogP contribution in [0.2, 0.25) is 0 Å². The van der Waals surface area contributed by atoms with Crippen LogP contribution >= 0.6 is 0 Å². The van der Waals surface area contributed by atoms with Gasteiger partial charge in [-0.1, -0.05) is 56.2 Å². The molecule has 7 heteroatoms. The average Bonchev–Trinajstić information content (AvgIpc) is 3.27. The van der Waals surface area contributed by atoms with E-state index in [0.29, 0.717) is 5.82 Å². The number of hydrogen-bond donors (Lipinski definition) is 2. The van der Waals surface area contributed by atoms with Crippen LogP contribution in [-0.4, -0.2) is 25.2 Å². The fourth-order valence-electron chi connectivity index (χ4n) is 4.26. The summed E-state index contributed by atoms with van der Waals surface area (Å²) in [4.78, 5) is 27.7. The lowest BCUT2D eigenvalue weighted by Crippen LogP contribution is -2.20. The summed E-state index contributed by atoms with van der Waals surface area (Å²) in [6.07, 6.45) is 3.13. The summed E-state index contributed by atoms with van der Waals surface area (Å²) >= 11 is 0. The van der Waals surface area contributed by atoms with Crippen LogP contribution in [0.1, 0.15) is 46.1 Å². The van der Waals surface area contributed by atoms with E-state index in [1.54, 1.807) is 4.68 Å². The topological polar surface area (TPSA) is 84.7 Å². The minimum absolute atomic E-state index is 0.0997. The zero-order valence-corrected chi connectivity index (χ0v) is 19.0. The van der Waals surface area contributed by atoms with Crippen molar-refractivity contribution in [2.24, 2.45) is 7.05 Å². The van der Waals surface area contributed by atoms with Gasteiger partial charge in [-0.2, -0.15) is 5.10 Å². The molecule has 0 aliphatic carbocycles. The summed E-state index contributed by atoms with van der Waals surface area (Å²) in [7, 11) is 1.81. The molecule has 0 spiro atoms. The second-order valence-electron chi connectivity index (χ2n) is 8.27. The van der Waals surface area contributed by atoms with E-state index in [1.807, 2.05) is 60.1 Å². The number of nitrogens with one attached hydrogen (secondary N) is 2. The van der Waals surface area contributed by atoms with Gasteiger partial charge in [0.1, 0.15) is 11.5 Å². The van der Waals surface area contributed by atoms with Gasteiger partial charge in [0.05, 0.1) is 16.6 Å². The van der Waals surface area contributed by atoms with Gasteiger partial charge < -0.3 is 10.3 Å². The summed E-state index contributed by atoms with van der Waals surface area (Å²) in [5.41, 5.74) is 4.98. The van der Waals surface area contributed by atoms with Crippen LogP contribution in [-0.2, 0) is 11.8 Å². The van der Waals surface area contributed by atoms with Crippen LogP contribution < -0.4 is 11.0 Å². The fraction of sp³-hybridized carbons (Fsp3) is 0.320. The number of imidazole rings is 1. The third kappa shape index (κ3) is 3.98. The lowest BCUT2D eigenvalue weighted by molar-refractivity contribution is -0.114. The fourth-order valence-corrected chi connectivity index (χ4v) is 4.26. The maximum atomic E-state index is 12.7. The van der Waals surface area contributed by atoms with E-state index < -0.39 is 0 Å². The molecule has 2 aromatic carbocycles. The molecule has 0 bridgehead atoms. The van der Waals surface area contributed by atoms with Gasteiger partial charge in [0, 0.05) is 25.6 Å². The summed E-state index contributed by atoms with van der Waals surface area (Å²) in [5.74, 6) is 0.452. The Bertz CT molecular complexity index is 1310. The van der Waals surface area contributed by atoms with Crippen molar-refractivity contribution in [3.63, 3.8) is 0 Å². The molecule has 0 saturated heterocycles. The number of H-pyrrole nitrogens is 1. The molecule has 166 valence electrons. The van der Waals surface area contributed by atoms with Crippen LogP contribution in [0.4, 0.5) is 5.82 Å². The molecule has 2 aromatic heterocycles. The van der Waals surface area contributed by atoms with Crippen molar-refractivity contribution in [3.05, 3.63) is 59.0 Å². The summed E-state index contributed by atoms with van der Waals surface area (Å²) in [6.45, 7) is 5.72. The molecular formula is C25H29N5O2. The predicted octanol–water partition coefficient (Wildman–Crippen LogP) is 5.11. The van der Waals surface area contributed by atoms with E-state index in [9.17, 15) is 9.59 Å². The Hall–Kier alpha value is -3.61. The first kappa shape index (κ1) is 21.6. The van der Waals surface area contributed by atoms with Crippen LogP contribution in [0.3, 0.4) is 0 Å². The smallest absolute Gasteiger partial charge is 0.311 e. The Morgan fingerprint density at radius 3 is 2.59 bits per heavy atom. The molecule has 0 aliphatic rings. The second kappa shape index (κ2) is 8.86. The quantitative estimate of drug-likeness (QED) is 0.427. The number of aromatic amines is 1. The number of aryl methyl sites for hydroxylation is 1. The van der Waals surface area contributed by atoms with Crippen LogP contribution in [0, 0.1) is 0 Å². The largest absolute Gasteiger partial charge is 0.326 e. The number of carbonyl (C=O) groups is 1. The van der Waals surface area contributed by atoms with Crippen LogP contribution in [0.5, 0.6) is 0 Å². The minimum atomic E-state index is -0.167. The Morgan fingerprint density at radius 2 is 1.91 bits per heavy atom. The molecule has 1 amide bonds. The number of hydrogen-bond acceptors (Lipinski definition) is 3. The predicted molar refractivity (Wildman–Crippen MR) is 129 cm³/mol.